The van der Waals surface area contributed by atoms with Crippen LogP contribution in [0.25, 0.3) is 11.4 Å². The van der Waals surface area contributed by atoms with Crippen LogP contribution in [0.1, 0.15) is 16.7 Å². The van der Waals surface area contributed by atoms with Crippen LogP contribution in [-0.2, 0) is 13.0 Å². The number of nitrogens with zero attached hydrogens (tertiary/aromatic N) is 3. The first-order valence-corrected chi connectivity index (χ1v) is 7.63. The van der Waals surface area contributed by atoms with Crippen LogP contribution >= 0.6 is 23.6 Å². The fourth-order valence-corrected chi connectivity index (χ4v) is 3.18. The number of nitrogens with one attached hydrogen (secondary N) is 1. The van der Waals surface area contributed by atoms with Crippen molar-refractivity contribution in [1.29, 1.82) is 0 Å². The molecule has 0 aliphatic heterocycles. The van der Waals surface area contributed by atoms with Crippen molar-refractivity contribution < 1.29 is 0 Å². The van der Waals surface area contributed by atoms with Gasteiger partial charge in [0.2, 0.25) is 0 Å². The molecule has 0 bridgehead atoms. The molecule has 0 aliphatic rings. The van der Waals surface area contributed by atoms with Crippen molar-refractivity contribution in [3.63, 3.8) is 0 Å². The van der Waals surface area contributed by atoms with Gasteiger partial charge >= 0.3 is 0 Å². The molecule has 3 aromatic rings. The zero-order chi connectivity index (χ0) is 13.9. The molecule has 3 aromatic heterocycles. The molecule has 20 heavy (non-hydrogen) atoms. The summed E-state index contributed by atoms with van der Waals surface area (Å²) < 4.78 is 2.65. The minimum absolute atomic E-state index is 0.635. The molecule has 0 unspecified atom stereocenters. The molecule has 3 rings (SSSR count). The average Bonchev–Trinajstić information content (AvgIpc) is 3.08. The summed E-state index contributed by atoms with van der Waals surface area (Å²) in [7, 11) is 0. The van der Waals surface area contributed by atoms with Crippen LogP contribution in [0.4, 0.5) is 0 Å². The molecule has 0 radical (unpaired) electrons. The van der Waals surface area contributed by atoms with Gasteiger partial charge in [0.25, 0.3) is 0 Å². The van der Waals surface area contributed by atoms with E-state index in [4.69, 9.17) is 12.2 Å². The number of rotatable bonds is 4. The first-order valence-electron chi connectivity index (χ1n) is 6.41. The summed E-state index contributed by atoms with van der Waals surface area (Å²) in [6.07, 6.45) is 4.62. The third kappa shape index (κ3) is 2.57. The lowest BCUT2D eigenvalue weighted by Gasteiger charge is -2.04. The number of pyridine rings is 1. The predicted octanol–water partition coefficient (Wildman–Crippen LogP) is 3.67. The maximum atomic E-state index is 5.34. The summed E-state index contributed by atoms with van der Waals surface area (Å²) in [6.45, 7) is 2.91. The Labute approximate surface area is 126 Å². The zero-order valence-corrected chi connectivity index (χ0v) is 12.7. The number of hydrogen-bond acceptors (Lipinski definition) is 4. The summed E-state index contributed by atoms with van der Waals surface area (Å²) >= 11 is 7.16. The lowest BCUT2D eigenvalue weighted by atomic mass is 10.2. The highest BCUT2D eigenvalue weighted by molar-refractivity contribution is 7.71. The van der Waals surface area contributed by atoms with Gasteiger partial charge in [-0.25, -0.2) is 0 Å². The highest BCUT2D eigenvalue weighted by Gasteiger charge is 2.10. The Hall–Kier alpha value is -1.79. The highest BCUT2D eigenvalue weighted by Crippen LogP contribution is 2.21. The van der Waals surface area contributed by atoms with E-state index in [2.05, 4.69) is 34.2 Å². The van der Waals surface area contributed by atoms with E-state index in [1.807, 2.05) is 28.0 Å². The minimum Gasteiger partial charge on any atom is -0.295 e. The first kappa shape index (κ1) is 13.2. The van der Waals surface area contributed by atoms with Crippen molar-refractivity contribution >= 4 is 23.6 Å². The number of hydrogen-bond donors (Lipinski definition) is 1. The minimum atomic E-state index is 0.635. The molecule has 0 amide bonds. The number of aryl methyl sites for hydroxylation is 1. The van der Waals surface area contributed by atoms with Crippen LogP contribution in [0.3, 0.4) is 0 Å². The van der Waals surface area contributed by atoms with Gasteiger partial charge in [0.15, 0.2) is 10.6 Å². The Balaban J connectivity index is 1.97. The van der Waals surface area contributed by atoms with E-state index in [1.54, 1.807) is 12.4 Å². The molecule has 102 valence electrons. The molecule has 0 atom stereocenters. The van der Waals surface area contributed by atoms with Crippen LogP contribution in [0.5, 0.6) is 0 Å². The molecule has 0 saturated heterocycles. The molecule has 0 fully saturated rings. The number of H-pyrrole nitrogens is 1. The first-order chi connectivity index (χ1) is 9.78. The molecule has 3 heterocycles. The van der Waals surface area contributed by atoms with Gasteiger partial charge in [-0.1, -0.05) is 6.92 Å². The van der Waals surface area contributed by atoms with E-state index in [9.17, 15) is 0 Å². The van der Waals surface area contributed by atoms with E-state index in [-0.39, 0.29) is 0 Å². The Morgan fingerprint density at radius 2 is 2.15 bits per heavy atom. The predicted molar refractivity (Wildman–Crippen MR) is 83.4 cm³/mol. The van der Waals surface area contributed by atoms with Gasteiger partial charge in [-0.15, -0.1) is 11.3 Å². The van der Waals surface area contributed by atoms with E-state index >= 15 is 0 Å². The van der Waals surface area contributed by atoms with E-state index < -0.39 is 0 Å². The normalized spacial score (nSPS) is 10.8. The van der Waals surface area contributed by atoms with E-state index in [0.29, 0.717) is 4.77 Å². The number of thiophene rings is 1. The molecular formula is C14H14N4S2. The standard InChI is InChI=1S/C14H14N4S2/c1-2-11-5-6-12(20-11)9-18-13(16-17-14(18)19)10-4-3-7-15-8-10/h3-8H,2,9H2,1H3,(H,17,19). The number of aromatic nitrogens is 4. The maximum Gasteiger partial charge on any atom is 0.195 e. The van der Waals surface area contributed by atoms with Crippen LogP contribution in [0.2, 0.25) is 0 Å². The fraction of sp³-hybridized carbons (Fsp3) is 0.214. The third-order valence-corrected chi connectivity index (χ3v) is 4.58. The third-order valence-electron chi connectivity index (χ3n) is 3.06. The van der Waals surface area contributed by atoms with Crippen LogP contribution < -0.4 is 0 Å². The second-order valence-corrected chi connectivity index (χ2v) is 6.04. The van der Waals surface area contributed by atoms with Gasteiger partial charge in [-0.2, -0.15) is 5.10 Å². The second-order valence-electron chi connectivity index (χ2n) is 4.40. The van der Waals surface area contributed by atoms with Crippen molar-refractivity contribution in [3.05, 3.63) is 51.2 Å². The SMILES string of the molecule is CCc1ccc(Cn2c(-c3cccnc3)n[nH]c2=S)s1. The van der Waals surface area contributed by atoms with Gasteiger partial charge in [0, 0.05) is 27.7 Å². The summed E-state index contributed by atoms with van der Waals surface area (Å²) in [5.41, 5.74) is 0.965. The largest absolute Gasteiger partial charge is 0.295 e. The molecule has 0 aromatic carbocycles. The monoisotopic (exact) mass is 302 g/mol. The van der Waals surface area contributed by atoms with E-state index in [0.717, 1.165) is 24.4 Å². The molecular weight excluding hydrogens is 288 g/mol. The van der Waals surface area contributed by atoms with Gasteiger partial charge in [-0.05, 0) is 42.9 Å². The molecule has 0 saturated carbocycles. The maximum absolute atomic E-state index is 5.34. The van der Waals surface area contributed by atoms with Crippen molar-refractivity contribution in [2.75, 3.05) is 0 Å². The summed E-state index contributed by atoms with van der Waals surface area (Å²) in [5.74, 6) is 0.828. The Morgan fingerprint density at radius 3 is 2.85 bits per heavy atom. The lowest BCUT2D eigenvalue weighted by molar-refractivity contribution is 0.802. The van der Waals surface area contributed by atoms with Gasteiger partial charge in [0.05, 0.1) is 6.54 Å². The van der Waals surface area contributed by atoms with Crippen molar-refractivity contribution in [3.8, 4) is 11.4 Å². The summed E-state index contributed by atoms with van der Waals surface area (Å²) in [6, 6.07) is 8.22. The van der Waals surface area contributed by atoms with Gasteiger partial charge in [0.1, 0.15) is 0 Å². The second kappa shape index (κ2) is 5.68. The Morgan fingerprint density at radius 1 is 1.30 bits per heavy atom. The quantitative estimate of drug-likeness (QED) is 0.748. The summed E-state index contributed by atoms with van der Waals surface area (Å²) in [5, 5.41) is 7.19. The Bertz CT molecular complexity index is 755. The molecule has 6 heteroatoms. The smallest absolute Gasteiger partial charge is 0.195 e. The van der Waals surface area contributed by atoms with Crippen LogP contribution in [0.15, 0.2) is 36.7 Å². The molecule has 0 spiro atoms. The fourth-order valence-electron chi connectivity index (χ4n) is 2.03. The van der Waals surface area contributed by atoms with Crippen LogP contribution in [0, 0.1) is 4.77 Å². The average molecular weight is 302 g/mol. The zero-order valence-electron chi connectivity index (χ0n) is 11.0. The van der Waals surface area contributed by atoms with Gasteiger partial charge in [-0.3, -0.25) is 14.6 Å². The van der Waals surface area contributed by atoms with Gasteiger partial charge < -0.3 is 0 Å². The number of aromatic amines is 1. The van der Waals surface area contributed by atoms with Crippen molar-refractivity contribution in [1.82, 2.24) is 19.7 Å². The molecule has 1 N–H and O–H groups in total. The summed E-state index contributed by atoms with van der Waals surface area (Å²) in [4.78, 5) is 6.81. The Kier molecular flexibility index (Phi) is 3.75. The highest BCUT2D eigenvalue weighted by atomic mass is 32.1. The molecule has 4 nitrogen and oxygen atoms in total. The molecule has 0 aliphatic carbocycles. The van der Waals surface area contributed by atoms with Crippen LogP contribution in [-0.4, -0.2) is 19.7 Å². The lowest BCUT2D eigenvalue weighted by Crippen LogP contribution is -2.01. The van der Waals surface area contributed by atoms with Crippen molar-refractivity contribution in [2.45, 2.75) is 19.9 Å². The van der Waals surface area contributed by atoms with E-state index in [1.165, 1.54) is 9.75 Å². The topological polar surface area (TPSA) is 46.5 Å². The van der Waals surface area contributed by atoms with Crippen molar-refractivity contribution in [2.24, 2.45) is 0 Å².